The molecule has 0 bridgehead atoms. The van der Waals surface area contributed by atoms with Gasteiger partial charge in [-0.25, -0.2) is 0 Å². The molecule has 2 N–H and O–H groups in total. The molecule has 1 aliphatic heterocycles. The zero-order valence-corrected chi connectivity index (χ0v) is 10.1. The molecule has 7 heteroatoms. The Bertz CT molecular complexity index is 490. The number of rotatable bonds is 2. The topological polar surface area (TPSA) is 92.5 Å². The second-order valence-corrected chi connectivity index (χ2v) is 4.74. The van der Waals surface area contributed by atoms with E-state index in [4.69, 9.17) is 0 Å². The highest BCUT2D eigenvalue weighted by Gasteiger charge is 2.49. The Labute approximate surface area is 104 Å². The normalized spacial score (nSPS) is 22.8. The monoisotopic (exact) mass is 334 g/mol. The van der Waals surface area contributed by atoms with Crippen LogP contribution in [0.4, 0.5) is 5.69 Å². The molecule has 0 radical (unpaired) electrons. The molecule has 0 saturated carbocycles. The van der Waals surface area contributed by atoms with Crippen LogP contribution in [-0.4, -0.2) is 22.5 Å². The molecule has 1 aromatic carbocycles. The first kappa shape index (κ1) is 11.3. The van der Waals surface area contributed by atoms with Gasteiger partial charge in [0, 0.05) is 19.7 Å². The van der Waals surface area contributed by atoms with E-state index in [9.17, 15) is 20.0 Å². The maximum atomic E-state index is 11.5. The number of nitro groups is 1. The van der Waals surface area contributed by atoms with E-state index >= 15 is 0 Å². The van der Waals surface area contributed by atoms with E-state index in [2.05, 4.69) is 5.32 Å². The fourth-order valence-electron chi connectivity index (χ4n) is 1.66. The van der Waals surface area contributed by atoms with E-state index in [1.807, 2.05) is 22.6 Å². The Balaban J connectivity index is 2.53. The maximum absolute atomic E-state index is 11.5. The second-order valence-electron chi connectivity index (χ2n) is 3.50. The van der Waals surface area contributed by atoms with E-state index in [1.54, 1.807) is 18.2 Å². The fraction of sp³-hybridized carbons (Fsp3) is 0.222. The van der Waals surface area contributed by atoms with Gasteiger partial charge >= 0.3 is 0 Å². The Kier molecular flexibility index (Phi) is 2.58. The van der Waals surface area contributed by atoms with Gasteiger partial charge in [-0.05, 0) is 40.8 Å². The van der Waals surface area contributed by atoms with Gasteiger partial charge in [-0.1, -0.05) is 0 Å². The van der Waals surface area contributed by atoms with Crippen molar-refractivity contribution in [3.8, 4) is 0 Å². The number of fused-ring (bicyclic) bond motifs is 1. The van der Waals surface area contributed by atoms with Crippen LogP contribution in [-0.2, 0) is 10.4 Å². The Morgan fingerprint density at radius 2 is 2.25 bits per heavy atom. The highest BCUT2D eigenvalue weighted by atomic mass is 127. The van der Waals surface area contributed by atoms with E-state index in [0.29, 0.717) is 5.69 Å². The number of hydrogen-bond acceptors (Lipinski definition) is 4. The molecule has 1 aliphatic rings. The first-order chi connectivity index (χ1) is 7.43. The summed E-state index contributed by atoms with van der Waals surface area (Å²) in [5.41, 5.74) is -1.36. The molecule has 1 heterocycles. The molecule has 1 amide bonds. The molecule has 0 aliphatic carbocycles. The Hall–Kier alpha value is -1.22. The Morgan fingerprint density at radius 1 is 1.56 bits per heavy atom. The zero-order chi connectivity index (χ0) is 11.9. The summed E-state index contributed by atoms with van der Waals surface area (Å²) in [7, 11) is 0. The number of halogens is 1. The van der Waals surface area contributed by atoms with E-state index < -0.39 is 23.0 Å². The number of anilines is 1. The average molecular weight is 334 g/mol. The second kappa shape index (κ2) is 3.67. The van der Waals surface area contributed by atoms with Gasteiger partial charge in [0.15, 0.2) is 0 Å². The fourth-order valence-corrected chi connectivity index (χ4v) is 2.15. The lowest BCUT2D eigenvalue weighted by molar-refractivity contribution is -0.498. The van der Waals surface area contributed by atoms with Gasteiger partial charge in [0.2, 0.25) is 12.1 Å². The minimum Gasteiger partial charge on any atom is -0.370 e. The number of benzene rings is 1. The average Bonchev–Trinajstić information content (AvgIpc) is 2.40. The third-order valence-electron chi connectivity index (χ3n) is 2.41. The van der Waals surface area contributed by atoms with E-state index in [-0.39, 0.29) is 5.56 Å². The summed E-state index contributed by atoms with van der Waals surface area (Å²) in [6.45, 7) is -0.827. The molecule has 6 nitrogen and oxygen atoms in total. The molecule has 84 valence electrons. The maximum Gasteiger partial charge on any atom is 0.268 e. The molecule has 0 fully saturated rings. The lowest BCUT2D eigenvalue weighted by Crippen LogP contribution is -2.40. The summed E-state index contributed by atoms with van der Waals surface area (Å²) in [5, 5.41) is 22.9. The highest BCUT2D eigenvalue weighted by Crippen LogP contribution is 2.36. The smallest absolute Gasteiger partial charge is 0.268 e. The summed E-state index contributed by atoms with van der Waals surface area (Å²) in [6, 6.07) is 4.93. The number of nitrogens with one attached hydrogen (secondary N) is 1. The Morgan fingerprint density at radius 3 is 2.88 bits per heavy atom. The van der Waals surface area contributed by atoms with Gasteiger partial charge < -0.3 is 10.4 Å². The van der Waals surface area contributed by atoms with Crippen molar-refractivity contribution < 1.29 is 14.8 Å². The van der Waals surface area contributed by atoms with Crippen LogP contribution in [0, 0.1) is 13.7 Å². The third-order valence-corrected chi connectivity index (χ3v) is 3.08. The first-order valence-electron chi connectivity index (χ1n) is 4.39. The number of amides is 1. The van der Waals surface area contributed by atoms with Gasteiger partial charge in [-0.2, -0.15) is 0 Å². The predicted molar refractivity (Wildman–Crippen MR) is 63.5 cm³/mol. The SMILES string of the molecule is O=C1Nc2ccc(I)cc2[C@@]1(O)C[N+](=O)[O-]. The molecule has 1 aromatic rings. The molecule has 0 aromatic heterocycles. The first-order valence-corrected chi connectivity index (χ1v) is 5.47. The van der Waals surface area contributed by atoms with Crippen molar-refractivity contribution in [1.29, 1.82) is 0 Å². The van der Waals surface area contributed by atoms with Crippen LogP contribution in [0.15, 0.2) is 18.2 Å². The van der Waals surface area contributed by atoms with Crippen LogP contribution >= 0.6 is 22.6 Å². The number of hydrogen-bond donors (Lipinski definition) is 2. The van der Waals surface area contributed by atoms with Gasteiger partial charge in [0.05, 0.1) is 0 Å². The number of carbonyl (C=O) groups excluding carboxylic acids is 1. The summed E-state index contributed by atoms with van der Waals surface area (Å²) in [4.78, 5) is 21.3. The van der Waals surface area contributed by atoms with Crippen molar-refractivity contribution in [3.63, 3.8) is 0 Å². The summed E-state index contributed by atoms with van der Waals surface area (Å²) < 4.78 is 0.801. The van der Waals surface area contributed by atoms with Crippen molar-refractivity contribution in [2.75, 3.05) is 11.9 Å². The molecule has 0 saturated heterocycles. The van der Waals surface area contributed by atoms with Crippen LogP contribution < -0.4 is 5.32 Å². The van der Waals surface area contributed by atoms with Crippen molar-refractivity contribution in [2.45, 2.75) is 5.60 Å². The van der Waals surface area contributed by atoms with Crippen molar-refractivity contribution in [2.24, 2.45) is 0 Å². The lowest BCUT2D eigenvalue weighted by atomic mass is 9.96. The highest BCUT2D eigenvalue weighted by molar-refractivity contribution is 14.1. The van der Waals surface area contributed by atoms with Crippen molar-refractivity contribution >= 4 is 34.2 Å². The van der Waals surface area contributed by atoms with Gasteiger partial charge in [-0.15, -0.1) is 0 Å². The predicted octanol–water partition coefficient (Wildman–Crippen LogP) is 0.708. The van der Waals surface area contributed by atoms with Gasteiger partial charge in [0.1, 0.15) is 0 Å². The van der Waals surface area contributed by atoms with Crippen LogP contribution in [0.3, 0.4) is 0 Å². The molecule has 16 heavy (non-hydrogen) atoms. The quantitative estimate of drug-likeness (QED) is 0.473. The van der Waals surface area contributed by atoms with Crippen LogP contribution in [0.1, 0.15) is 5.56 Å². The largest absolute Gasteiger partial charge is 0.370 e. The van der Waals surface area contributed by atoms with Crippen molar-refractivity contribution in [1.82, 2.24) is 0 Å². The molecule has 1 atom stereocenters. The molecular formula is C9H7IN2O4. The number of carbonyl (C=O) groups is 1. The molecule has 0 spiro atoms. The molecule has 2 rings (SSSR count). The van der Waals surface area contributed by atoms with Crippen LogP contribution in [0.5, 0.6) is 0 Å². The van der Waals surface area contributed by atoms with Crippen LogP contribution in [0.2, 0.25) is 0 Å². The summed E-state index contributed by atoms with van der Waals surface area (Å²) in [6.07, 6.45) is 0. The number of aliphatic hydroxyl groups is 1. The lowest BCUT2D eigenvalue weighted by Gasteiger charge is -2.15. The van der Waals surface area contributed by atoms with E-state index in [1.165, 1.54) is 0 Å². The minimum absolute atomic E-state index is 0.265. The number of nitrogens with zero attached hydrogens (tertiary/aromatic N) is 1. The summed E-state index contributed by atoms with van der Waals surface area (Å²) >= 11 is 2.01. The summed E-state index contributed by atoms with van der Waals surface area (Å²) in [5.74, 6) is -0.749. The van der Waals surface area contributed by atoms with Gasteiger partial charge in [0.25, 0.3) is 5.91 Å². The molecular weight excluding hydrogens is 327 g/mol. The zero-order valence-electron chi connectivity index (χ0n) is 7.94. The minimum atomic E-state index is -2.06. The third kappa shape index (κ3) is 1.65. The van der Waals surface area contributed by atoms with Gasteiger partial charge in [-0.3, -0.25) is 14.9 Å². The standard InChI is InChI=1S/C9H7IN2O4/c10-5-1-2-7-6(3-5)9(14,4-12(15)16)8(13)11-7/h1-3,14H,4H2,(H,11,13)/t9-/m0/s1. The van der Waals surface area contributed by atoms with E-state index in [0.717, 1.165) is 3.57 Å². The van der Waals surface area contributed by atoms with Crippen molar-refractivity contribution in [3.05, 3.63) is 37.4 Å². The van der Waals surface area contributed by atoms with Crippen LogP contribution in [0.25, 0.3) is 0 Å². The molecule has 0 unspecified atom stereocenters.